The Balaban J connectivity index is 1.23. The van der Waals surface area contributed by atoms with Gasteiger partial charge in [0.1, 0.15) is 11.2 Å². The summed E-state index contributed by atoms with van der Waals surface area (Å²) in [5.41, 5.74) is -0.122. The fraction of sp³-hybridized carbons (Fsp3) is 0.688. The van der Waals surface area contributed by atoms with Crippen molar-refractivity contribution in [2.75, 3.05) is 13.6 Å². The van der Waals surface area contributed by atoms with E-state index in [1.165, 1.54) is 5.56 Å². The number of amides is 2. The summed E-state index contributed by atoms with van der Waals surface area (Å²) in [6, 6.07) is 10.6. The molecule has 9 nitrogen and oxygen atoms in total. The van der Waals surface area contributed by atoms with Gasteiger partial charge < -0.3 is 23.8 Å². The third-order valence-corrected chi connectivity index (χ3v) is 8.53. The van der Waals surface area contributed by atoms with E-state index in [2.05, 4.69) is 29.4 Å². The van der Waals surface area contributed by atoms with Gasteiger partial charge in [0.05, 0.1) is 5.41 Å². The van der Waals surface area contributed by atoms with Crippen LogP contribution in [0.1, 0.15) is 116 Å². The quantitative estimate of drug-likeness (QED) is 0.364. The van der Waals surface area contributed by atoms with Crippen LogP contribution in [0.15, 0.2) is 34.9 Å². The summed E-state index contributed by atoms with van der Waals surface area (Å²) in [6.07, 6.45) is 5.67. The van der Waals surface area contributed by atoms with Crippen molar-refractivity contribution in [1.29, 1.82) is 0 Å². The van der Waals surface area contributed by atoms with Crippen LogP contribution in [0, 0.1) is 0 Å². The van der Waals surface area contributed by atoms with Gasteiger partial charge in [0.2, 0.25) is 5.89 Å². The fourth-order valence-corrected chi connectivity index (χ4v) is 5.96. The first-order valence-corrected chi connectivity index (χ1v) is 15.1. The van der Waals surface area contributed by atoms with E-state index >= 15 is 0 Å². The number of hydrogen-bond acceptors (Lipinski definition) is 7. The highest BCUT2D eigenvalue weighted by atomic mass is 16.6. The van der Waals surface area contributed by atoms with Crippen molar-refractivity contribution in [2.45, 2.75) is 127 Å². The molecule has 0 saturated heterocycles. The zero-order valence-corrected chi connectivity index (χ0v) is 25.7. The summed E-state index contributed by atoms with van der Waals surface area (Å²) in [5.74, 6) is 1.85. The Labute approximate surface area is 243 Å². The Bertz CT molecular complexity index is 1220. The molecule has 1 aromatic heterocycles. The first-order valence-electron chi connectivity index (χ1n) is 15.1. The molecule has 0 aliphatic heterocycles. The molecule has 0 spiro atoms. The van der Waals surface area contributed by atoms with Crippen molar-refractivity contribution in [3.8, 4) is 0 Å². The Morgan fingerprint density at radius 1 is 0.951 bits per heavy atom. The zero-order valence-electron chi connectivity index (χ0n) is 25.7. The van der Waals surface area contributed by atoms with Crippen LogP contribution in [-0.4, -0.2) is 69.0 Å². The standard InChI is InChI=1S/C32H46N4O5/c1-30(2,3)39-28(37)35(7)23-15-13-22(14-16-23)26-33-27(34-41-26)32(17-18-32)20-36(29(38)40-31(4,5)6)25-19-24(25)21-11-9-8-10-12-21/h8-12,22-25H,13-20H2,1-7H3/t22?,23?,24-,25+/m0/s1. The van der Waals surface area contributed by atoms with Gasteiger partial charge in [0.25, 0.3) is 0 Å². The van der Waals surface area contributed by atoms with Gasteiger partial charge in [-0.05, 0) is 92.1 Å². The maximum atomic E-state index is 13.4. The molecule has 2 atom stereocenters. The predicted molar refractivity (Wildman–Crippen MR) is 155 cm³/mol. The van der Waals surface area contributed by atoms with Gasteiger partial charge in [0, 0.05) is 37.5 Å². The average molecular weight is 567 g/mol. The second-order valence-corrected chi connectivity index (χ2v) is 14.3. The van der Waals surface area contributed by atoms with Crippen molar-refractivity contribution in [1.82, 2.24) is 19.9 Å². The summed E-state index contributed by atoms with van der Waals surface area (Å²) in [7, 11) is 1.82. The number of rotatable bonds is 7. The van der Waals surface area contributed by atoms with Gasteiger partial charge >= 0.3 is 12.2 Å². The number of hydrogen-bond donors (Lipinski definition) is 0. The molecule has 41 heavy (non-hydrogen) atoms. The lowest BCUT2D eigenvalue weighted by Crippen LogP contribution is -2.43. The smallest absolute Gasteiger partial charge is 0.410 e. The Kier molecular flexibility index (Phi) is 7.85. The molecule has 224 valence electrons. The summed E-state index contributed by atoms with van der Waals surface area (Å²) in [5, 5.41) is 4.44. The van der Waals surface area contributed by atoms with Gasteiger partial charge in [0.15, 0.2) is 5.82 Å². The molecule has 5 rings (SSSR count). The van der Waals surface area contributed by atoms with Crippen LogP contribution in [0.5, 0.6) is 0 Å². The molecule has 0 bridgehead atoms. The third-order valence-electron chi connectivity index (χ3n) is 8.53. The topological polar surface area (TPSA) is 98.0 Å². The Morgan fingerprint density at radius 2 is 1.56 bits per heavy atom. The maximum absolute atomic E-state index is 13.4. The van der Waals surface area contributed by atoms with Crippen LogP contribution in [-0.2, 0) is 14.9 Å². The van der Waals surface area contributed by atoms with E-state index in [0.717, 1.165) is 44.9 Å². The van der Waals surface area contributed by atoms with Crippen molar-refractivity contribution < 1.29 is 23.6 Å². The van der Waals surface area contributed by atoms with E-state index in [1.807, 2.05) is 59.6 Å². The fourth-order valence-electron chi connectivity index (χ4n) is 5.96. The average Bonchev–Trinajstić information content (AvgIpc) is 3.82. The molecular formula is C32H46N4O5. The first kappa shape index (κ1) is 29.4. The molecule has 3 saturated carbocycles. The molecule has 1 heterocycles. The first-order chi connectivity index (χ1) is 19.2. The number of aromatic nitrogens is 2. The van der Waals surface area contributed by atoms with Gasteiger partial charge in [-0.2, -0.15) is 4.98 Å². The molecule has 3 aliphatic carbocycles. The molecule has 1 aromatic carbocycles. The van der Waals surface area contributed by atoms with Crippen molar-refractivity contribution in [2.24, 2.45) is 0 Å². The highest BCUT2D eigenvalue weighted by Crippen LogP contribution is 2.52. The molecule has 0 radical (unpaired) electrons. The van der Waals surface area contributed by atoms with E-state index in [0.29, 0.717) is 24.2 Å². The summed E-state index contributed by atoms with van der Waals surface area (Å²) in [4.78, 5) is 34.5. The zero-order chi connectivity index (χ0) is 29.6. The molecule has 0 N–H and O–H groups in total. The van der Waals surface area contributed by atoms with Gasteiger partial charge in [-0.25, -0.2) is 9.59 Å². The number of carbonyl (C=O) groups excluding carboxylic acids is 2. The minimum atomic E-state index is -0.571. The molecule has 0 unspecified atom stereocenters. The molecule has 2 amide bonds. The highest BCUT2D eigenvalue weighted by Gasteiger charge is 2.55. The number of nitrogens with zero attached hydrogens (tertiary/aromatic N) is 4. The Hall–Kier alpha value is -3.10. The van der Waals surface area contributed by atoms with Crippen molar-refractivity contribution in [3.05, 3.63) is 47.6 Å². The van der Waals surface area contributed by atoms with Gasteiger partial charge in [-0.3, -0.25) is 0 Å². The SMILES string of the molecule is CN(C(=O)OC(C)(C)C)C1CCC(c2nc(C3(CN(C(=O)OC(C)(C)C)[C@@H]4C[C@H]4c4ccccc4)CC3)no2)CC1. The number of benzene rings is 1. The van der Waals surface area contributed by atoms with Gasteiger partial charge in [-0.15, -0.1) is 0 Å². The third kappa shape index (κ3) is 7.04. The van der Waals surface area contributed by atoms with Crippen LogP contribution in [0.25, 0.3) is 0 Å². The largest absolute Gasteiger partial charge is 0.444 e. The van der Waals surface area contributed by atoms with E-state index in [-0.39, 0.29) is 35.6 Å². The molecule has 3 fully saturated rings. The lowest BCUT2D eigenvalue weighted by Gasteiger charge is -2.34. The second kappa shape index (κ2) is 11.0. The second-order valence-electron chi connectivity index (χ2n) is 14.3. The summed E-state index contributed by atoms with van der Waals surface area (Å²) < 4.78 is 17.2. The summed E-state index contributed by atoms with van der Waals surface area (Å²) in [6.45, 7) is 11.9. The van der Waals surface area contributed by atoms with E-state index in [9.17, 15) is 9.59 Å². The van der Waals surface area contributed by atoms with E-state index < -0.39 is 11.2 Å². The summed E-state index contributed by atoms with van der Waals surface area (Å²) >= 11 is 0. The van der Waals surface area contributed by atoms with E-state index in [1.54, 1.807) is 4.90 Å². The number of ether oxygens (including phenoxy) is 2. The van der Waals surface area contributed by atoms with E-state index in [4.69, 9.17) is 19.0 Å². The van der Waals surface area contributed by atoms with Crippen LogP contribution >= 0.6 is 0 Å². The minimum absolute atomic E-state index is 0.105. The van der Waals surface area contributed by atoms with Crippen molar-refractivity contribution in [3.63, 3.8) is 0 Å². The van der Waals surface area contributed by atoms with Crippen LogP contribution < -0.4 is 0 Å². The minimum Gasteiger partial charge on any atom is -0.444 e. The number of carbonyl (C=O) groups is 2. The molecule has 2 aromatic rings. The monoisotopic (exact) mass is 566 g/mol. The lowest BCUT2D eigenvalue weighted by atomic mass is 9.85. The highest BCUT2D eigenvalue weighted by molar-refractivity contribution is 5.70. The maximum Gasteiger partial charge on any atom is 0.410 e. The predicted octanol–water partition coefficient (Wildman–Crippen LogP) is 6.79. The van der Waals surface area contributed by atoms with Gasteiger partial charge in [-0.1, -0.05) is 35.5 Å². The molecular weight excluding hydrogens is 520 g/mol. The van der Waals surface area contributed by atoms with Crippen LogP contribution in [0.3, 0.4) is 0 Å². The normalized spacial score (nSPS) is 25.2. The van der Waals surface area contributed by atoms with Crippen molar-refractivity contribution >= 4 is 12.2 Å². The molecule has 3 aliphatic rings. The Morgan fingerprint density at radius 3 is 2.15 bits per heavy atom. The lowest BCUT2D eigenvalue weighted by molar-refractivity contribution is 0.0176. The molecule has 9 heteroatoms. The van der Waals surface area contributed by atoms with Crippen LogP contribution in [0.4, 0.5) is 9.59 Å². The van der Waals surface area contributed by atoms with Crippen LogP contribution in [0.2, 0.25) is 0 Å².